The highest BCUT2D eigenvalue weighted by Crippen LogP contribution is 2.40. The second-order valence-electron chi connectivity index (χ2n) is 6.36. The van der Waals surface area contributed by atoms with Gasteiger partial charge in [-0.3, -0.25) is 4.90 Å². The molecule has 4 rings (SSSR count). The molecule has 6 heteroatoms. The van der Waals surface area contributed by atoms with Gasteiger partial charge in [-0.15, -0.1) is 11.3 Å². The van der Waals surface area contributed by atoms with E-state index in [4.69, 9.17) is 11.6 Å². The first-order valence-corrected chi connectivity index (χ1v) is 10.7. The van der Waals surface area contributed by atoms with Crippen LogP contribution in [0.25, 0.3) is 6.08 Å². The van der Waals surface area contributed by atoms with Crippen molar-refractivity contribution >= 4 is 46.6 Å². The Kier molecular flexibility index (Phi) is 5.56. The maximum Gasteiger partial charge on any atom is 0.0947 e. The molecule has 0 unspecified atom stereocenters. The summed E-state index contributed by atoms with van der Waals surface area (Å²) < 4.78 is 4.51. The zero-order valence-corrected chi connectivity index (χ0v) is 16.5. The summed E-state index contributed by atoms with van der Waals surface area (Å²) in [6.45, 7) is 6.81. The van der Waals surface area contributed by atoms with Crippen molar-refractivity contribution in [1.29, 1.82) is 0 Å². The van der Waals surface area contributed by atoms with Crippen molar-refractivity contribution < 1.29 is 0 Å². The van der Waals surface area contributed by atoms with Gasteiger partial charge in [0.1, 0.15) is 0 Å². The van der Waals surface area contributed by atoms with Crippen molar-refractivity contribution in [3.63, 3.8) is 0 Å². The number of anilines is 1. The Morgan fingerprint density at radius 1 is 1.00 bits per heavy atom. The zero-order chi connectivity index (χ0) is 17.1. The summed E-state index contributed by atoms with van der Waals surface area (Å²) in [6.07, 6.45) is 5.55. The minimum atomic E-state index is 0.875. The molecule has 0 aliphatic carbocycles. The third kappa shape index (κ3) is 4.34. The predicted octanol–water partition coefficient (Wildman–Crippen LogP) is 4.91. The Morgan fingerprint density at radius 2 is 1.80 bits per heavy atom. The van der Waals surface area contributed by atoms with Crippen LogP contribution in [0, 0.1) is 0 Å². The number of para-hydroxylation sites is 1. The van der Waals surface area contributed by atoms with Crippen LogP contribution in [0.1, 0.15) is 12.0 Å². The van der Waals surface area contributed by atoms with Gasteiger partial charge in [0.2, 0.25) is 0 Å². The predicted molar refractivity (Wildman–Crippen MR) is 111 cm³/mol. The molecule has 0 spiro atoms. The molecular formula is C19H22ClN3S2. The highest BCUT2D eigenvalue weighted by Gasteiger charge is 2.18. The summed E-state index contributed by atoms with van der Waals surface area (Å²) in [7, 11) is 0. The molecule has 0 radical (unpaired) electrons. The molecule has 2 aliphatic rings. The molecule has 2 aliphatic heterocycles. The number of fused-ring (bicyclic) bond motifs is 1. The van der Waals surface area contributed by atoms with Crippen LogP contribution in [0.3, 0.4) is 0 Å². The summed E-state index contributed by atoms with van der Waals surface area (Å²) in [5, 5.41) is 0. The van der Waals surface area contributed by atoms with Gasteiger partial charge < -0.3 is 9.21 Å². The molecule has 132 valence electrons. The van der Waals surface area contributed by atoms with E-state index in [0.717, 1.165) is 37.1 Å². The Morgan fingerprint density at radius 3 is 2.60 bits per heavy atom. The topological polar surface area (TPSA) is 9.72 Å². The third-order valence-electron chi connectivity index (χ3n) is 4.66. The van der Waals surface area contributed by atoms with E-state index < -0.39 is 0 Å². The Labute approximate surface area is 163 Å². The number of rotatable bonds is 5. The van der Waals surface area contributed by atoms with Crippen LogP contribution >= 0.6 is 34.9 Å². The molecule has 0 saturated carbocycles. The third-order valence-corrected chi connectivity index (χ3v) is 7.15. The minimum Gasteiger partial charge on any atom is -0.369 e. The molecule has 1 aromatic heterocycles. The summed E-state index contributed by atoms with van der Waals surface area (Å²) >= 11 is 9.59. The van der Waals surface area contributed by atoms with E-state index in [0.29, 0.717) is 0 Å². The lowest BCUT2D eigenvalue weighted by Crippen LogP contribution is -2.46. The number of benzene rings is 1. The van der Waals surface area contributed by atoms with Gasteiger partial charge in [-0.25, -0.2) is 0 Å². The van der Waals surface area contributed by atoms with Crippen LogP contribution < -0.4 is 4.90 Å². The monoisotopic (exact) mass is 391 g/mol. The maximum atomic E-state index is 6.10. The van der Waals surface area contributed by atoms with Crippen molar-refractivity contribution in [2.45, 2.75) is 10.6 Å². The fourth-order valence-electron chi connectivity index (χ4n) is 3.28. The Bertz CT molecular complexity index is 724. The number of halogens is 1. The largest absolute Gasteiger partial charge is 0.369 e. The molecule has 0 N–H and O–H groups in total. The van der Waals surface area contributed by atoms with Gasteiger partial charge >= 0.3 is 0 Å². The molecule has 1 aromatic carbocycles. The number of piperazine rings is 1. The van der Waals surface area contributed by atoms with E-state index in [1.807, 2.05) is 11.9 Å². The molecule has 1 saturated heterocycles. The number of nitrogens with zero attached hydrogens (tertiary/aromatic N) is 3. The van der Waals surface area contributed by atoms with Crippen molar-refractivity contribution in [1.82, 2.24) is 9.21 Å². The van der Waals surface area contributed by atoms with Crippen molar-refractivity contribution in [2.75, 3.05) is 44.2 Å². The summed E-state index contributed by atoms with van der Waals surface area (Å²) in [4.78, 5) is 5.08. The molecule has 0 amide bonds. The van der Waals surface area contributed by atoms with Crippen molar-refractivity contribution in [3.05, 3.63) is 52.5 Å². The van der Waals surface area contributed by atoms with Gasteiger partial charge in [-0.1, -0.05) is 29.8 Å². The number of hydrogen-bond acceptors (Lipinski definition) is 5. The Balaban J connectivity index is 1.19. The van der Waals surface area contributed by atoms with Gasteiger partial charge in [0, 0.05) is 50.2 Å². The Hall–Kier alpha value is -1.14. The first-order valence-electron chi connectivity index (χ1n) is 8.72. The van der Waals surface area contributed by atoms with Crippen molar-refractivity contribution in [2.24, 2.45) is 0 Å². The van der Waals surface area contributed by atoms with E-state index in [9.17, 15) is 0 Å². The van der Waals surface area contributed by atoms with Gasteiger partial charge in [0.05, 0.1) is 8.55 Å². The molecule has 0 bridgehead atoms. The van der Waals surface area contributed by atoms with E-state index in [-0.39, 0.29) is 0 Å². The lowest BCUT2D eigenvalue weighted by Gasteiger charge is -2.36. The minimum absolute atomic E-state index is 0.875. The summed E-state index contributed by atoms with van der Waals surface area (Å²) in [6, 6.07) is 12.8. The normalized spacial score (nSPS) is 17.8. The lowest BCUT2D eigenvalue weighted by molar-refractivity contribution is 0.251. The average Bonchev–Trinajstić information content (AvgIpc) is 3.02. The van der Waals surface area contributed by atoms with Crippen LogP contribution in [0.5, 0.6) is 0 Å². The van der Waals surface area contributed by atoms with Crippen LogP contribution in [0.15, 0.2) is 46.8 Å². The van der Waals surface area contributed by atoms with Crippen molar-refractivity contribution in [3.8, 4) is 0 Å². The lowest BCUT2D eigenvalue weighted by atomic mass is 10.2. The van der Waals surface area contributed by atoms with Crippen LogP contribution in [-0.4, -0.2) is 48.5 Å². The fourth-order valence-corrected chi connectivity index (χ4v) is 5.87. The number of thiophene rings is 1. The van der Waals surface area contributed by atoms with Crippen LogP contribution in [0.4, 0.5) is 5.69 Å². The van der Waals surface area contributed by atoms with E-state index in [2.05, 4.69) is 62.8 Å². The molecule has 0 atom stereocenters. The van der Waals surface area contributed by atoms with Gasteiger partial charge in [0.25, 0.3) is 0 Å². The molecule has 3 heterocycles. The zero-order valence-electron chi connectivity index (χ0n) is 14.1. The van der Waals surface area contributed by atoms with E-state index in [1.165, 1.54) is 28.4 Å². The standard InChI is InChI=1S/C19H22ClN3S2/c20-18-15-16-7-10-23(25-19(16)24-18)9-4-8-21-11-13-22(14-12-21)17-5-2-1-3-6-17/h1-3,5-7,10,15H,4,8-9,11-14H2. The second kappa shape index (κ2) is 8.04. The summed E-state index contributed by atoms with van der Waals surface area (Å²) in [5.41, 5.74) is 2.61. The fraction of sp³-hybridized carbons (Fsp3) is 0.368. The molecule has 1 fully saturated rings. The van der Waals surface area contributed by atoms with Gasteiger partial charge in [-0.05, 0) is 49.2 Å². The highest BCUT2D eigenvalue weighted by atomic mass is 35.5. The van der Waals surface area contributed by atoms with Crippen LogP contribution in [0.2, 0.25) is 4.34 Å². The van der Waals surface area contributed by atoms with E-state index in [1.54, 1.807) is 11.3 Å². The van der Waals surface area contributed by atoms with Gasteiger partial charge in [-0.2, -0.15) is 0 Å². The molecule has 2 aromatic rings. The second-order valence-corrected chi connectivity index (χ2v) is 9.36. The SMILES string of the molecule is Clc1cc2c(s1)SN(CCCN1CCN(c3ccccc3)CC1)C=C2. The molecular weight excluding hydrogens is 370 g/mol. The highest BCUT2D eigenvalue weighted by molar-refractivity contribution is 7.99. The maximum absolute atomic E-state index is 6.10. The first kappa shape index (κ1) is 17.3. The van der Waals surface area contributed by atoms with Crippen LogP contribution in [-0.2, 0) is 0 Å². The quantitative estimate of drug-likeness (QED) is 0.670. The van der Waals surface area contributed by atoms with E-state index >= 15 is 0 Å². The first-order chi connectivity index (χ1) is 12.3. The number of hydrogen-bond donors (Lipinski definition) is 0. The molecule has 3 nitrogen and oxygen atoms in total. The summed E-state index contributed by atoms with van der Waals surface area (Å²) in [5.74, 6) is 0. The smallest absolute Gasteiger partial charge is 0.0947 e. The molecule has 25 heavy (non-hydrogen) atoms. The average molecular weight is 392 g/mol. The van der Waals surface area contributed by atoms with Gasteiger partial charge in [0.15, 0.2) is 0 Å².